The maximum Gasteiger partial charge on any atom is 0.410 e. The maximum atomic E-state index is 12.7. The Labute approximate surface area is 207 Å². The van der Waals surface area contributed by atoms with Crippen LogP contribution in [-0.4, -0.2) is 48.8 Å². The molecular weight excluding hydrogens is 462 g/mol. The third kappa shape index (κ3) is 5.87. The molecule has 0 aliphatic heterocycles. The number of nitrogens with one attached hydrogen (secondary N) is 2. The van der Waals surface area contributed by atoms with Crippen molar-refractivity contribution in [2.24, 2.45) is 0 Å². The highest BCUT2D eigenvalue weighted by Crippen LogP contribution is 2.22. The van der Waals surface area contributed by atoms with Crippen molar-refractivity contribution in [3.05, 3.63) is 88.6 Å². The minimum Gasteiger partial charge on any atom is -0.496 e. The predicted molar refractivity (Wildman–Crippen MR) is 132 cm³/mol. The molecule has 0 aliphatic rings. The van der Waals surface area contributed by atoms with E-state index < -0.39 is 6.09 Å². The van der Waals surface area contributed by atoms with Gasteiger partial charge >= 0.3 is 6.09 Å². The molecule has 3 heterocycles. The summed E-state index contributed by atoms with van der Waals surface area (Å²) in [5, 5.41) is 22.6. The van der Waals surface area contributed by atoms with E-state index in [1.54, 1.807) is 37.2 Å². The van der Waals surface area contributed by atoms with Gasteiger partial charge in [0.2, 0.25) is 0 Å². The van der Waals surface area contributed by atoms with Crippen molar-refractivity contribution in [1.29, 1.82) is 0 Å². The van der Waals surface area contributed by atoms with Gasteiger partial charge in [0.25, 0.3) is 5.91 Å². The molecule has 1 aromatic carbocycles. The van der Waals surface area contributed by atoms with E-state index in [0.29, 0.717) is 24.3 Å². The topological polar surface area (TPSA) is 136 Å². The first-order valence-electron chi connectivity index (χ1n) is 11.2. The summed E-state index contributed by atoms with van der Waals surface area (Å²) in [6.07, 6.45) is 5.67. The molecule has 0 aliphatic carbocycles. The molecular formula is C25H27N7O4. The Morgan fingerprint density at radius 3 is 2.64 bits per heavy atom. The zero-order valence-electron chi connectivity index (χ0n) is 20.2. The zero-order chi connectivity index (χ0) is 25.7. The maximum absolute atomic E-state index is 12.7. The number of ether oxygens (including phenoxy) is 1. The first kappa shape index (κ1) is 24.5. The molecule has 11 heteroatoms. The van der Waals surface area contributed by atoms with Gasteiger partial charge < -0.3 is 15.2 Å². The van der Waals surface area contributed by atoms with E-state index in [2.05, 4.69) is 25.8 Å². The predicted octanol–water partition coefficient (Wildman–Crippen LogP) is 3.22. The van der Waals surface area contributed by atoms with Gasteiger partial charge in [-0.1, -0.05) is 12.1 Å². The van der Waals surface area contributed by atoms with Gasteiger partial charge in [-0.05, 0) is 48.7 Å². The summed E-state index contributed by atoms with van der Waals surface area (Å²) in [6, 6.07) is 9.48. The van der Waals surface area contributed by atoms with Gasteiger partial charge in [-0.15, -0.1) is 0 Å². The van der Waals surface area contributed by atoms with E-state index in [0.717, 1.165) is 28.0 Å². The van der Waals surface area contributed by atoms with Crippen LogP contribution in [0.2, 0.25) is 0 Å². The highest BCUT2D eigenvalue weighted by Gasteiger charge is 2.13. The number of hydrogen-bond acceptors (Lipinski definition) is 6. The lowest BCUT2D eigenvalue weighted by Gasteiger charge is -2.12. The number of rotatable bonds is 9. The number of carbonyl (C=O) groups excluding carboxylic acids is 1. The Morgan fingerprint density at radius 1 is 1.11 bits per heavy atom. The number of amides is 2. The average Bonchev–Trinajstić information content (AvgIpc) is 3.51. The molecule has 3 N–H and O–H groups in total. The summed E-state index contributed by atoms with van der Waals surface area (Å²) < 4.78 is 9.09. The van der Waals surface area contributed by atoms with Crippen molar-refractivity contribution in [3.63, 3.8) is 0 Å². The fourth-order valence-electron chi connectivity index (χ4n) is 3.91. The SMILES string of the molecule is COc1cc(Cn2cc(C(=O)NCc3c(C)cc(NC(=O)O)nc3C)cn2)ccc1Cn1cccn1. The van der Waals surface area contributed by atoms with Gasteiger partial charge in [-0.3, -0.25) is 19.5 Å². The summed E-state index contributed by atoms with van der Waals surface area (Å²) in [4.78, 5) is 27.8. The Balaban J connectivity index is 1.39. The molecule has 36 heavy (non-hydrogen) atoms. The van der Waals surface area contributed by atoms with Crippen LogP contribution in [0.1, 0.15) is 38.3 Å². The first-order valence-corrected chi connectivity index (χ1v) is 11.2. The Morgan fingerprint density at radius 2 is 1.94 bits per heavy atom. The highest BCUT2D eigenvalue weighted by molar-refractivity contribution is 5.93. The van der Waals surface area contributed by atoms with Crippen molar-refractivity contribution in [2.45, 2.75) is 33.5 Å². The van der Waals surface area contributed by atoms with Crippen molar-refractivity contribution >= 4 is 17.8 Å². The zero-order valence-corrected chi connectivity index (χ0v) is 20.2. The number of nitrogens with zero attached hydrogens (tertiary/aromatic N) is 5. The van der Waals surface area contributed by atoms with E-state index in [9.17, 15) is 9.59 Å². The van der Waals surface area contributed by atoms with Crippen molar-refractivity contribution < 1.29 is 19.4 Å². The third-order valence-electron chi connectivity index (χ3n) is 5.70. The van der Waals surface area contributed by atoms with Crippen LogP contribution in [0.15, 0.2) is 55.1 Å². The van der Waals surface area contributed by atoms with Crippen LogP contribution < -0.4 is 15.4 Å². The molecule has 0 spiro atoms. The smallest absolute Gasteiger partial charge is 0.410 e. The van der Waals surface area contributed by atoms with Gasteiger partial charge in [-0.25, -0.2) is 9.78 Å². The van der Waals surface area contributed by atoms with Gasteiger partial charge in [0.05, 0.1) is 32.0 Å². The molecule has 0 unspecified atom stereocenters. The molecule has 0 atom stereocenters. The molecule has 11 nitrogen and oxygen atoms in total. The monoisotopic (exact) mass is 489 g/mol. The average molecular weight is 490 g/mol. The number of aromatic nitrogens is 5. The minimum atomic E-state index is -1.18. The van der Waals surface area contributed by atoms with Crippen LogP contribution in [0.3, 0.4) is 0 Å². The van der Waals surface area contributed by atoms with Crippen LogP contribution >= 0.6 is 0 Å². The van der Waals surface area contributed by atoms with Crippen molar-refractivity contribution in [3.8, 4) is 5.75 Å². The quantitative estimate of drug-likeness (QED) is 0.328. The summed E-state index contributed by atoms with van der Waals surface area (Å²) in [5.41, 5.74) is 4.72. The number of carboxylic acid groups (broad SMARTS) is 1. The normalized spacial score (nSPS) is 10.8. The van der Waals surface area contributed by atoms with Gasteiger partial charge in [0, 0.05) is 36.4 Å². The van der Waals surface area contributed by atoms with Gasteiger partial charge in [0.15, 0.2) is 0 Å². The molecule has 0 fully saturated rings. The Hall–Kier alpha value is -4.67. The number of anilines is 1. The van der Waals surface area contributed by atoms with Gasteiger partial charge in [-0.2, -0.15) is 10.2 Å². The molecule has 0 bridgehead atoms. The van der Waals surface area contributed by atoms with E-state index in [1.165, 1.54) is 6.20 Å². The fourth-order valence-corrected chi connectivity index (χ4v) is 3.91. The summed E-state index contributed by atoms with van der Waals surface area (Å²) in [6.45, 7) is 4.96. The van der Waals surface area contributed by atoms with Crippen LogP contribution in [0.5, 0.6) is 5.75 Å². The Bertz CT molecular complexity index is 1360. The lowest BCUT2D eigenvalue weighted by molar-refractivity contribution is 0.0950. The number of methoxy groups -OCH3 is 1. The van der Waals surface area contributed by atoms with E-state index >= 15 is 0 Å². The van der Waals surface area contributed by atoms with E-state index in [4.69, 9.17) is 9.84 Å². The van der Waals surface area contributed by atoms with Crippen LogP contribution in [-0.2, 0) is 19.6 Å². The second-order valence-corrected chi connectivity index (χ2v) is 8.28. The Kier molecular flexibility index (Phi) is 7.28. The lowest BCUT2D eigenvalue weighted by atomic mass is 10.1. The van der Waals surface area contributed by atoms with Crippen molar-refractivity contribution in [1.82, 2.24) is 29.9 Å². The molecule has 4 aromatic rings. The molecule has 0 saturated carbocycles. The lowest BCUT2D eigenvalue weighted by Crippen LogP contribution is -2.24. The van der Waals surface area contributed by atoms with E-state index in [-0.39, 0.29) is 18.3 Å². The summed E-state index contributed by atoms with van der Waals surface area (Å²) >= 11 is 0. The standard InChI is InChI=1S/C25H27N7O4/c1-16-9-23(30-25(34)35)29-17(2)21(16)12-26-24(33)20-11-28-32(15-20)13-18-5-6-19(22(10-18)36-3)14-31-8-4-7-27-31/h4-11,15H,12-14H2,1-3H3,(H,26,33)(H,29,30)(H,34,35). The van der Waals surface area contributed by atoms with E-state index in [1.807, 2.05) is 42.1 Å². The summed E-state index contributed by atoms with van der Waals surface area (Å²) in [5.74, 6) is 0.747. The highest BCUT2D eigenvalue weighted by atomic mass is 16.5. The second-order valence-electron chi connectivity index (χ2n) is 8.28. The number of benzene rings is 1. The number of aryl methyl sites for hydroxylation is 2. The minimum absolute atomic E-state index is 0.250. The number of hydrogen-bond donors (Lipinski definition) is 3. The van der Waals surface area contributed by atoms with Crippen LogP contribution in [0.4, 0.5) is 10.6 Å². The van der Waals surface area contributed by atoms with Crippen LogP contribution in [0.25, 0.3) is 0 Å². The summed E-state index contributed by atoms with van der Waals surface area (Å²) in [7, 11) is 1.64. The van der Waals surface area contributed by atoms with Crippen molar-refractivity contribution in [2.75, 3.05) is 12.4 Å². The third-order valence-corrected chi connectivity index (χ3v) is 5.70. The fraction of sp³-hybridized carbons (Fsp3) is 0.240. The second kappa shape index (κ2) is 10.7. The first-order chi connectivity index (χ1) is 17.3. The van der Waals surface area contributed by atoms with Crippen LogP contribution in [0, 0.1) is 13.8 Å². The molecule has 4 rings (SSSR count). The van der Waals surface area contributed by atoms with Gasteiger partial charge in [0.1, 0.15) is 11.6 Å². The molecule has 186 valence electrons. The molecule has 0 radical (unpaired) electrons. The molecule has 0 saturated heterocycles. The number of pyridine rings is 1. The number of carbonyl (C=O) groups is 2. The largest absolute Gasteiger partial charge is 0.496 e. The molecule has 3 aromatic heterocycles. The molecule has 2 amide bonds.